The minimum absolute atomic E-state index is 0.396. The molecule has 0 heterocycles. The Hall–Kier alpha value is -0.350. The summed E-state index contributed by atoms with van der Waals surface area (Å²) in [6.45, 7) is -4.89. The predicted octanol–water partition coefficient (Wildman–Crippen LogP) is 2.05. The molecule has 0 aliphatic heterocycles. The number of rotatable bonds is 1. The summed E-state index contributed by atoms with van der Waals surface area (Å²) in [7, 11) is -2.14. The van der Waals surface area contributed by atoms with Crippen LogP contribution < -0.4 is 5.30 Å². The smallest absolute Gasteiger partial charge is 0.0282 e. The second-order valence-electron chi connectivity index (χ2n) is 1.67. The zero-order chi connectivity index (χ0) is 11.7. The van der Waals surface area contributed by atoms with E-state index in [4.69, 9.17) is 8.22 Å². The topological polar surface area (TPSA) is 0 Å². The molecule has 0 bridgehead atoms. The van der Waals surface area contributed by atoms with Gasteiger partial charge in [-0.25, -0.2) is 0 Å². The van der Waals surface area contributed by atoms with Crippen molar-refractivity contribution in [3.8, 4) is 0 Å². The summed E-state index contributed by atoms with van der Waals surface area (Å²) in [6, 6.07) is 8.16. The lowest BCUT2D eigenvalue weighted by atomic mass is 10.4. The van der Waals surface area contributed by atoms with Crippen LogP contribution in [0.3, 0.4) is 0 Å². The highest BCUT2D eigenvalue weighted by atomic mass is 31.1. The molecule has 1 aromatic rings. The lowest BCUT2D eigenvalue weighted by molar-refractivity contribution is 1.77. The average Bonchev–Trinajstić information content (AvgIpc) is 2.00. The molecular formula is C8H11P. The molecule has 0 unspecified atom stereocenters. The molecule has 0 saturated heterocycles. The first-order valence-corrected chi connectivity index (χ1v) is 3.92. The first-order chi connectivity index (χ1) is 6.73. The van der Waals surface area contributed by atoms with Gasteiger partial charge in [0.05, 0.1) is 0 Å². The quantitative estimate of drug-likeness (QED) is 0.529. The molecule has 0 radical (unpaired) electrons. The third-order valence-electron chi connectivity index (χ3n) is 1.01. The lowest BCUT2D eigenvalue weighted by Gasteiger charge is -2.02. The van der Waals surface area contributed by atoms with Gasteiger partial charge in [0.15, 0.2) is 0 Å². The SMILES string of the molecule is [2H]C([2H])([2H])P(c1ccccc1)C([2H])([2H])[2H]. The van der Waals surface area contributed by atoms with E-state index in [1.54, 1.807) is 30.3 Å². The maximum absolute atomic E-state index is 7.28. The summed E-state index contributed by atoms with van der Waals surface area (Å²) < 4.78 is 43.7. The lowest BCUT2D eigenvalue weighted by Crippen LogP contribution is -1.95. The van der Waals surface area contributed by atoms with Gasteiger partial charge < -0.3 is 0 Å². The molecule has 1 rings (SSSR count). The summed E-state index contributed by atoms with van der Waals surface area (Å²) in [6.07, 6.45) is 0. The highest BCUT2D eigenvalue weighted by molar-refractivity contribution is 7.64. The Morgan fingerprint density at radius 3 is 2.44 bits per heavy atom. The third kappa shape index (κ3) is 1.80. The van der Waals surface area contributed by atoms with Crippen molar-refractivity contribution in [3.05, 3.63) is 30.3 Å². The molecule has 0 nitrogen and oxygen atoms in total. The average molecular weight is 144 g/mol. The van der Waals surface area contributed by atoms with Crippen LogP contribution in [0.25, 0.3) is 0 Å². The first kappa shape index (κ1) is 2.36. The molecule has 0 aliphatic carbocycles. The molecule has 0 aliphatic rings. The highest BCUT2D eigenvalue weighted by Crippen LogP contribution is 2.22. The minimum Gasteiger partial charge on any atom is -0.0817 e. The zero-order valence-electron chi connectivity index (χ0n) is 10.8. The van der Waals surface area contributed by atoms with Crippen molar-refractivity contribution < 1.29 is 8.22 Å². The Kier molecular flexibility index (Phi) is 0.782. The highest BCUT2D eigenvalue weighted by Gasteiger charge is 1.92. The van der Waals surface area contributed by atoms with Crippen LogP contribution in [0.1, 0.15) is 8.22 Å². The molecule has 0 amide bonds. The van der Waals surface area contributed by atoms with E-state index in [1.165, 1.54) is 0 Å². The largest absolute Gasteiger partial charge is 0.0817 e. The first-order valence-electron chi connectivity index (χ1n) is 5.58. The summed E-state index contributed by atoms with van der Waals surface area (Å²) in [5, 5.41) is 0.396. The normalized spacial score (nSPS) is 22.8. The summed E-state index contributed by atoms with van der Waals surface area (Å²) >= 11 is 0. The Morgan fingerprint density at radius 2 is 1.89 bits per heavy atom. The molecule has 0 fully saturated rings. The van der Waals surface area contributed by atoms with Crippen molar-refractivity contribution in [3.63, 3.8) is 0 Å². The zero-order valence-corrected chi connectivity index (χ0v) is 5.73. The van der Waals surface area contributed by atoms with Gasteiger partial charge in [-0.05, 0) is 18.5 Å². The van der Waals surface area contributed by atoms with E-state index in [0.29, 0.717) is 5.30 Å². The van der Waals surface area contributed by atoms with E-state index < -0.39 is 21.1 Å². The van der Waals surface area contributed by atoms with E-state index in [9.17, 15) is 0 Å². The molecule has 0 aromatic heterocycles. The van der Waals surface area contributed by atoms with Crippen LogP contribution in [0.5, 0.6) is 0 Å². The number of hydrogen-bond acceptors (Lipinski definition) is 0. The van der Waals surface area contributed by atoms with E-state index in [-0.39, 0.29) is 0 Å². The van der Waals surface area contributed by atoms with Gasteiger partial charge in [-0.1, -0.05) is 38.3 Å². The second kappa shape index (κ2) is 2.98. The van der Waals surface area contributed by atoms with Crippen molar-refractivity contribution in [1.29, 1.82) is 0 Å². The van der Waals surface area contributed by atoms with Crippen molar-refractivity contribution in [2.45, 2.75) is 0 Å². The molecule has 1 heteroatoms. The van der Waals surface area contributed by atoms with Crippen molar-refractivity contribution in [1.82, 2.24) is 0 Å². The van der Waals surface area contributed by atoms with E-state index in [1.807, 2.05) is 0 Å². The molecule has 0 saturated carbocycles. The summed E-state index contributed by atoms with van der Waals surface area (Å²) in [5.74, 6) is 0. The fourth-order valence-corrected chi connectivity index (χ4v) is 1.05. The predicted molar refractivity (Wildman–Crippen MR) is 44.8 cm³/mol. The van der Waals surface area contributed by atoms with Crippen molar-refractivity contribution in [2.24, 2.45) is 0 Å². The molecule has 48 valence electrons. The Bertz CT molecular complexity index is 300. The van der Waals surface area contributed by atoms with Crippen LogP contribution in [0.2, 0.25) is 0 Å². The standard InChI is InChI=1S/C8H11P/c1-9(2)8-6-4-3-5-7-8/h3-7H,1-2H3/i1D3,2D3. The van der Waals surface area contributed by atoms with Gasteiger partial charge in [0.25, 0.3) is 0 Å². The van der Waals surface area contributed by atoms with Gasteiger partial charge in [-0.15, -0.1) is 0 Å². The maximum atomic E-state index is 7.28. The van der Waals surface area contributed by atoms with Gasteiger partial charge >= 0.3 is 0 Å². The molecule has 1 aromatic carbocycles. The van der Waals surface area contributed by atoms with Crippen LogP contribution in [0, 0.1) is 0 Å². The Balaban J connectivity index is 3.15. The van der Waals surface area contributed by atoms with Gasteiger partial charge in [0.2, 0.25) is 0 Å². The van der Waals surface area contributed by atoms with Crippen LogP contribution >= 0.6 is 7.92 Å². The van der Waals surface area contributed by atoms with Gasteiger partial charge in [0, 0.05) is 8.22 Å². The molecule has 0 spiro atoms. The molecule has 0 N–H and O–H groups in total. The fourth-order valence-electron chi connectivity index (χ4n) is 0.577. The van der Waals surface area contributed by atoms with Crippen molar-refractivity contribution in [2.75, 3.05) is 13.2 Å². The van der Waals surface area contributed by atoms with Crippen LogP contribution in [0.4, 0.5) is 0 Å². The third-order valence-corrected chi connectivity index (χ3v) is 1.83. The molecule has 9 heavy (non-hydrogen) atoms. The van der Waals surface area contributed by atoms with Gasteiger partial charge in [0.1, 0.15) is 0 Å². The molecular weight excluding hydrogens is 127 g/mol. The number of benzene rings is 1. The van der Waals surface area contributed by atoms with Crippen LogP contribution in [0.15, 0.2) is 30.3 Å². The minimum atomic E-state index is -2.44. The van der Waals surface area contributed by atoms with Gasteiger partial charge in [-0.2, -0.15) is 0 Å². The molecule has 0 atom stereocenters. The van der Waals surface area contributed by atoms with Gasteiger partial charge in [-0.3, -0.25) is 0 Å². The van der Waals surface area contributed by atoms with E-state index >= 15 is 0 Å². The fraction of sp³-hybridized carbons (Fsp3) is 0.250. The second-order valence-corrected chi connectivity index (χ2v) is 2.86. The van der Waals surface area contributed by atoms with E-state index in [0.717, 1.165) is 0 Å². The Morgan fingerprint density at radius 1 is 1.22 bits per heavy atom. The monoisotopic (exact) mass is 144 g/mol. The number of hydrogen-bond donors (Lipinski definition) is 0. The maximum Gasteiger partial charge on any atom is 0.0282 e. The van der Waals surface area contributed by atoms with E-state index in [2.05, 4.69) is 0 Å². The van der Waals surface area contributed by atoms with Crippen LogP contribution in [-0.2, 0) is 0 Å². The summed E-state index contributed by atoms with van der Waals surface area (Å²) in [5.41, 5.74) is 0. The summed E-state index contributed by atoms with van der Waals surface area (Å²) in [4.78, 5) is 0. The Labute approximate surface area is 66.1 Å². The van der Waals surface area contributed by atoms with Crippen LogP contribution in [-0.4, -0.2) is 13.2 Å². The van der Waals surface area contributed by atoms with Crippen molar-refractivity contribution >= 4 is 13.2 Å².